The molecule has 0 bridgehead atoms. The molecule has 2 aliphatic rings. The second kappa shape index (κ2) is 11.7. The van der Waals surface area contributed by atoms with Crippen molar-refractivity contribution in [2.24, 2.45) is 0 Å². The molecule has 3 N–H and O–H groups in total. The summed E-state index contributed by atoms with van der Waals surface area (Å²) in [5, 5.41) is 7.87. The van der Waals surface area contributed by atoms with Crippen molar-refractivity contribution < 1.29 is 33.5 Å². The van der Waals surface area contributed by atoms with Gasteiger partial charge in [0.05, 0.1) is 17.2 Å². The number of carbonyl (C=O) groups excluding carboxylic acids is 6. The van der Waals surface area contributed by atoms with Crippen molar-refractivity contribution in [3.63, 3.8) is 0 Å². The van der Waals surface area contributed by atoms with Gasteiger partial charge in [0.15, 0.2) is 6.61 Å². The van der Waals surface area contributed by atoms with Gasteiger partial charge in [0.2, 0.25) is 11.8 Å². The maximum Gasteiger partial charge on any atom is 0.266 e. The van der Waals surface area contributed by atoms with Crippen molar-refractivity contribution in [1.82, 2.24) is 20.9 Å². The van der Waals surface area contributed by atoms with Gasteiger partial charge in [-0.2, -0.15) is 0 Å². The van der Waals surface area contributed by atoms with E-state index in [-0.39, 0.29) is 48.2 Å². The lowest BCUT2D eigenvalue weighted by Gasteiger charge is -2.27. The molecule has 0 saturated carbocycles. The molecule has 2 atom stereocenters. The lowest BCUT2D eigenvalue weighted by atomic mass is 10.0. The van der Waals surface area contributed by atoms with Gasteiger partial charge in [0.25, 0.3) is 17.7 Å². The number of hydrogen-bond acceptors (Lipinski definition) is 8. The van der Waals surface area contributed by atoms with Gasteiger partial charge in [-0.25, -0.2) is 0 Å². The van der Waals surface area contributed by atoms with Crippen LogP contribution in [0.1, 0.15) is 66.2 Å². The topological polar surface area (TPSA) is 151 Å². The molecule has 1 fully saturated rings. The first-order valence-electron chi connectivity index (χ1n) is 11.7. The fourth-order valence-electron chi connectivity index (χ4n) is 4.21. The van der Waals surface area contributed by atoms with E-state index in [0.29, 0.717) is 25.8 Å². The Morgan fingerprint density at radius 2 is 1.94 bits per heavy atom. The van der Waals surface area contributed by atoms with Crippen LogP contribution in [0.15, 0.2) is 18.2 Å². The highest BCUT2D eigenvalue weighted by molar-refractivity contribution is 6.24. The number of nitrogens with one attached hydrogen (secondary N) is 3. The zero-order chi connectivity index (χ0) is 25.5. The summed E-state index contributed by atoms with van der Waals surface area (Å²) < 4.78 is 5.55. The summed E-state index contributed by atoms with van der Waals surface area (Å²) in [6.45, 7) is 1.88. The molecule has 1 aromatic rings. The monoisotopic (exact) mass is 486 g/mol. The summed E-state index contributed by atoms with van der Waals surface area (Å²) in [5.74, 6) is -2.65. The number of amides is 5. The van der Waals surface area contributed by atoms with Gasteiger partial charge in [-0.1, -0.05) is 13.0 Å². The maximum absolute atomic E-state index is 13.0. The summed E-state index contributed by atoms with van der Waals surface area (Å²) in [4.78, 5) is 74.3. The minimum Gasteiger partial charge on any atom is -0.483 e. The molecular weight excluding hydrogens is 456 g/mol. The van der Waals surface area contributed by atoms with Crippen molar-refractivity contribution in [3.05, 3.63) is 29.3 Å². The largest absolute Gasteiger partial charge is 0.483 e. The number of ketones is 1. The standard InChI is InChI=1S/C24H30N4O7/c1-3-17(29)15(25-2)8-4-5-12-26-20(31)13-35-18-9-6-7-14-21(18)24(34)28(23(14)33)16-10-11-19(30)27-22(16)32/h6-7,9,15-16,25H,3-5,8,10-13H2,1-2H3,(H,26,31)(H,27,30,32)/t15-,16?/m0/s1. The molecule has 188 valence electrons. The summed E-state index contributed by atoms with van der Waals surface area (Å²) >= 11 is 0. The van der Waals surface area contributed by atoms with Crippen LogP contribution in [0.5, 0.6) is 5.75 Å². The molecule has 11 nitrogen and oxygen atoms in total. The van der Waals surface area contributed by atoms with E-state index in [1.54, 1.807) is 7.05 Å². The first-order chi connectivity index (χ1) is 16.8. The van der Waals surface area contributed by atoms with Gasteiger partial charge in [0.1, 0.15) is 17.6 Å². The number of nitrogens with zero attached hydrogens (tertiary/aromatic N) is 1. The minimum absolute atomic E-state index is 0.00583. The van der Waals surface area contributed by atoms with Crippen molar-refractivity contribution >= 4 is 35.3 Å². The molecule has 1 unspecified atom stereocenters. The Kier molecular flexibility index (Phi) is 8.69. The smallest absolute Gasteiger partial charge is 0.266 e. The number of benzene rings is 1. The van der Waals surface area contributed by atoms with E-state index in [1.165, 1.54) is 18.2 Å². The van der Waals surface area contributed by atoms with Gasteiger partial charge in [-0.3, -0.25) is 39.0 Å². The Hall–Kier alpha value is -3.60. The van der Waals surface area contributed by atoms with Gasteiger partial charge < -0.3 is 15.4 Å². The van der Waals surface area contributed by atoms with Crippen LogP contribution < -0.4 is 20.7 Å². The third-order valence-corrected chi connectivity index (χ3v) is 6.12. The summed E-state index contributed by atoms with van der Waals surface area (Å²) in [6, 6.07) is 3.20. The molecule has 35 heavy (non-hydrogen) atoms. The van der Waals surface area contributed by atoms with Crippen molar-refractivity contribution in [2.45, 2.75) is 57.5 Å². The average Bonchev–Trinajstić information content (AvgIpc) is 3.10. The zero-order valence-corrected chi connectivity index (χ0v) is 19.8. The number of rotatable bonds is 12. The second-order valence-corrected chi connectivity index (χ2v) is 8.42. The molecule has 5 amide bonds. The van der Waals surface area contributed by atoms with E-state index in [4.69, 9.17) is 4.74 Å². The number of ether oxygens (including phenoxy) is 1. The lowest BCUT2D eigenvalue weighted by molar-refractivity contribution is -0.136. The predicted octanol–water partition coefficient (Wildman–Crippen LogP) is 0.320. The SMILES string of the molecule is CCC(=O)[C@H](CCCCNC(=O)COc1cccc2c1C(=O)N(C1CCC(=O)NC1=O)C2=O)NC. The number of carbonyl (C=O) groups is 6. The molecule has 0 radical (unpaired) electrons. The Balaban J connectivity index is 1.53. The molecule has 1 aromatic carbocycles. The average molecular weight is 487 g/mol. The van der Waals surface area contributed by atoms with Crippen LogP contribution in [0.25, 0.3) is 0 Å². The Morgan fingerprint density at radius 1 is 1.17 bits per heavy atom. The number of fused-ring (bicyclic) bond motifs is 1. The highest BCUT2D eigenvalue weighted by Gasteiger charge is 2.46. The number of piperidine rings is 1. The van der Waals surface area contributed by atoms with E-state index >= 15 is 0 Å². The third-order valence-electron chi connectivity index (χ3n) is 6.12. The van der Waals surface area contributed by atoms with Crippen LogP contribution in [-0.4, -0.2) is 72.5 Å². The zero-order valence-electron chi connectivity index (χ0n) is 19.8. The molecule has 1 saturated heterocycles. The van der Waals surface area contributed by atoms with E-state index in [1.807, 2.05) is 6.92 Å². The van der Waals surface area contributed by atoms with Crippen molar-refractivity contribution in [3.8, 4) is 5.75 Å². The molecule has 2 heterocycles. The number of unbranched alkanes of at least 4 members (excludes halogenated alkanes) is 1. The van der Waals surface area contributed by atoms with E-state index in [2.05, 4.69) is 16.0 Å². The van der Waals surface area contributed by atoms with Crippen molar-refractivity contribution in [1.29, 1.82) is 0 Å². The first-order valence-corrected chi connectivity index (χ1v) is 11.7. The number of likely N-dealkylation sites (N-methyl/N-ethyl adjacent to an activating group) is 1. The van der Waals surface area contributed by atoms with Crippen LogP contribution >= 0.6 is 0 Å². The van der Waals surface area contributed by atoms with Crippen LogP contribution in [0.4, 0.5) is 0 Å². The molecule has 2 aliphatic heterocycles. The number of Topliss-reactive ketones (excluding diaryl/α,β-unsaturated/α-hetero) is 1. The van der Waals surface area contributed by atoms with Gasteiger partial charge in [-0.05, 0) is 44.9 Å². The number of imide groups is 2. The molecule has 0 aliphatic carbocycles. The maximum atomic E-state index is 13.0. The summed E-state index contributed by atoms with van der Waals surface area (Å²) in [6.07, 6.45) is 2.69. The third kappa shape index (κ3) is 5.91. The summed E-state index contributed by atoms with van der Waals surface area (Å²) in [7, 11) is 1.75. The van der Waals surface area contributed by atoms with Crippen LogP contribution in [0.3, 0.4) is 0 Å². The second-order valence-electron chi connectivity index (χ2n) is 8.42. The van der Waals surface area contributed by atoms with E-state index in [9.17, 15) is 28.8 Å². The highest BCUT2D eigenvalue weighted by atomic mass is 16.5. The minimum atomic E-state index is -1.08. The number of hydrogen-bond donors (Lipinski definition) is 3. The Labute approximate surface area is 202 Å². The molecule has 11 heteroatoms. The van der Waals surface area contributed by atoms with Gasteiger partial charge in [-0.15, -0.1) is 0 Å². The van der Waals surface area contributed by atoms with E-state index < -0.39 is 35.6 Å². The molecule has 3 rings (SSSR count). The highest BCUT2D eigenvalue weighted by Crippen LogP contribution is 2.33. The lowest BCUT2D eigenvalue weighted by Crippen LogP contribution is -2.54. The molecule has 0 spiro atoms. The fraction of sp³-hybridized carbons (Fsp3) is 0.500. The van der Waals surface area contributed by atoms with Crippen molar-refractivity contribution in [2.75, 3.05) is 20.2 Å². The Bertz CT molecular complexity index is 1040. The summed E-state index contributed by atoms with van der Waals surface area (Å²) in [5.41, 5.74) is 0.0759. The normalized spacial score (nSPS) is 18.2. The quantitative estimate of drug-likeness (QED) is 0.282. The van der Waals surface area contributed by atoms with Crippen LogP contribution in [-0.2, 0) is 19.2 Å². The van der Waals surface area contributed by atoms with Gasteiger partial charge >= 0.3 is 0 Å². The van der Waals surface area contributed by atoms with Crippen LogP contribution in [0, 0.1) is 0 Å². The fourth-order valence-corrected chi connectivity index (χ4v) is 4.21. The van der Waals surface area contributed by atoms with Gasteiger partial charge in [0, 0.05) is 19.4 Å². The molecule has 0 aromatic heterocycles. The first kappa shape index (κ1) is 26.0. The van der Waals surface area contributed by atoms with Crippen LogP contribution in [0.2, 0.25) is 0 Å². The van der Waals surface area contributed by atoms with E-state index in [0.717, 1.165) is 11.3 Å². The Morgan fingerprint density at radius 3 is 2.63 bits per heavy atom. The molecular formula is C24H30N4O7. The predicted molar refractivity (Wildman–Crippen MR) is 124 cm³/mol.